The van der Waals surface area contributed by atoms with E-state index in [4.69, 9.17) is 4.42 Å². The van der Waals surface area contributed by atoms with Gasteiger partial charge >= 0.3 is 0 Å². The summed E-state index contributed by atoms with van der Waals surface area (Å²) < 4.78 is 5.89. The van der Waals surface area contributed by atoms with E-state index in [1.54, 1.807) is 0 Å². The van der Waals surface area contributed by atoms with Crippen molar-refractivity contribution in [1.29, 1.82) is 0 Å². The summed E-state index contributed by atoms with van der Waals surface area (Å²) in [5.74, 6) is 0.0221. The van der Waals surface area contributed by atoms with Gasteiger partial charge in [0.15, 0.2) is 11.3 Å². The van der Waals surface area contributed by atoms with Crippen molar-refractivity contribution in [2.75, 3.05) is 37.6 Å². The molecule has 2 aliphatic heterocycles. The molecule has 0 atom stereocenters. The summed E-state index contributed by atoms with van der Waals surface area (Å²) in [6.45, 7) is 4.51. The first-order valence-electron chi connectivity index (χ1n) is 9.46. The van der Waals surface area contributed by atoms with Crippen LogP contribution < -0.4 is 10.2 Å². The Labute approximate surface area is 156 Å². The van der Waals surface area contributed by atoms with E-state index in [9.17, 15) is 4.79 Å². The Bertz CT molecular complexity index is 945. The molecule has 2 N–H and O–H groups in total. The van der Waals surface area contributed by atoms with Gasteiger partial charge in [-0.3, -0.25) is 9.89 Å². The molecule has 0 spiro atoms. The molecular weight excluding hydrogens is 344 g/mol. The fraction of sp³-hybridized carbons (Fsp3) is 0.421. The van der Waals surface area contributed by atoms with Gasteiger partial charge in [-0.25, -0.2) is 0 Å². The number of anilines is 1. The van der Waals surface area contributed by atoms with Gasteiger partial charge in [0.2, 0.25) is 0 Å². The number of nitrogens with zero attached hydrogens (tertiary/aromatic N) is 4. The van der Waals surface area contributed by atoms with Gasteiger partial charge in [0, 0.05) is 38.3 Å². The minimum atomic E-state index is 0.0221. The van der Waals surface area contributed by atoms with Gasteiger partial charge in [-0.2, -0.15) is 10.1 Å². The number of fused-ring (bicyclic) bond motifs is 2. The van der Waals surface area contributed by atoms with Crippen molar-refractivity contribution in [3.8, 4) is 0 Å². The maximum absolute atomic E-state index is 13.0. The summed E-state index contributed by atoms with van der Waals surface area (Å²) in [5.41, 5.74) is 4.34. The maximum atomic E-state index is 13.0. The Kier molecular flexibility index (Phi) is 4.05. The van der Waals surface area contributed by atoms with Crippen molar-refractivity contribution in [1.82, 2.24) is 25.4 Å². The van der Waals surface area contributed by atoms with E-state index in [2.05, 4.69) is 25.4 Å². The van der Waals surface area contributed by atoms with Crippen LogP contribution in [0.1, 0.15) is 28.2 Å². The number of aromatic nitrogens is 3. The smallest absolute Gasteiger partial charge is 0.298 e. The fourth-order valence-corrected chi connectivity index (χ4v) is 3.88. The van der Waals surface area contributed by atoms with Gasteiger partial charge in [-0.1, -0.05) is 12.1 Å². The van der Waals surface area contributed by atoms with Crippen LogP contribution in [0.15, 0.2) is 28.7 Å². The molecular formula is C19H22N6O2. The molecule has 140 valence electrons. The fourth-order valence-electron chi connectivity index (χ4n) is 3.88. The molecule has 2 aromatic heterocycles. The minimum absolute atomic E-state index is 0.0221. The Morgan fingerprint density at radius 2 is 2.07 bits per heavy atom. The Hall–Kier alpha value is -2.87. The molecule has 1 amide bonds. The molecule has 4 heterocycles. The van der Waals surface area contributed by atoms with Crippen LogP contribution in [0.4, 0.5) is 6.01 Å². The van der Waals surface area contributed by atoms with E-state index in [0.717, 1.165) is 61.4 Å². The van der Waals surface area contributed by atoms with Crippen molar-refractivity contribution < 1.29 is 9.21 Å². The maximum Gasteiger partial charge on any atom is 0.298 e. The molecule has 5 rings (SSSR count). The highest BCUT2D eigenvalue weighted by Gasteiger charge is 2.27. The zero-order chi connectivity index (χ0) is 18.2. The molecule has 0 aliphatic carbocycles. The summed E-state index contributed by atoms with van der Waals surface area (Å²) in [6, 6.07) is 8.41. The molecule has 2 aliphatic rings. The zero-order valence-corrected chi connectivity index (χ0v) is 15.1. The number of benzene rings is 1. The highest BCUT2D eigenvalue weighted by Crippen LogP contribution is 2.23. The van der Waals surface area contributed by atoms with Crippen LogP contribution in [-0.4, -0.2) is 58.7 Å². The summed E-state index contributed by atoms with van der Waals surface area (Å²) in [5, 5.41) is 10.6. The standard InChI is InChI=1S/C19H22N6O2/c26-18(17-13-6-7-20-12-15(13)22-23-17)24-8-3-9-25(11-10-24)19-21-14-4-1-2-5-16(14)27-19/h1-2,4-5,20H,3,6-12H2,(H,22,23). The van der Waals surface area contributed by atoms with Crippen LogP contribution in [-0.2, 0) is 13.0 Å². The van der Waals surface area contributed by atoms with Gasteiger partial charge in [0.05, 0.1) is 5.69 Å². The molecule has 0 unspecified atom stereocenters. The summed E-state index contributed by atoms with van der Waals surface area (Å²) in [7, 11) is 0. The highest BCUT2D eigenvalue weighted by molar-refractivity contribution is 5.94. The molecule has 1 fully saturated rings. The first-order chi connectivity index (χ1) is 13.3. The number of para-hydroxylation sites is 2. The number of rotatable bonds is 2. The lowest BCUT2D eigenvalue weighted by atomic mass is 10.1. The number of nitrogens with one attached hydrogen (secondary N) is 2. The molecule has 1 aromatic carbocycles. The molecule has 1 saturated heterocycles. The van der Waals surface area contributed by atoms with Crippen molar-refractivity contribution in [3.05, 3.63) is 41.2 Å². The van der Waals surface area contributed by atoms with Crippen LogP contribution in [0.2, 0.25) is 0 Å². The van der Waals surface area contributed by atoms with E-state index in [1.807, 2.05) is 29.2 Å². The number of hydrogen-bond acceptors (Lipinski definition) is 6. The summed E-state index contributed by atoms with van der Waals surface area (Å²) in [6.07, 6.45) is 1.72. The number of carbonyl (C=O) groups is 1. The predicted molar refractivity (Wildman–Crippen MR) is 101 cm³/mol. The summed E-state index contributed by atoms with van der Waals surface area (Å²) >= 11 is 0. The van der Waals surface area contributed by atoms with Gasteiger partial charge in [-0.05, 0) is 31.5 Å². The molecule has 27 heavy (non-hydrogen) atoms. The molecule has 8 nitrogen and oxygen atoms in total. The lowest BCUT2D eigenvalue weighted by Gasteiger charge is -2.21. The summed E-state index contributed by atoms with van der Waals surface area (Å²) in [4.78, 5) is 21.6. The molecule has 0 radical (unpaired) electrons. The van der Waals surface area contributed by atoms with Crippen LogP contribution in [0.5, 0.6) is 0 Å². The second-order valence-corrected chi connectivity index (χ2v) is 7.05. The first kappa shape index (κ1) is 16.3. The van der Waals surface area contributed by atoms with Crippen LogP contribution >= 0.6 is 0 Å². The largest absolute Gasteiger partial charge is 0.423 e. The van der Waals surface area contributed by atoms with Crippen molar-refractivity contribution in [2.24, 2.45) is 0 Å². The third-order valence-corrected chi connectivity index (χ3v) is 5.35. The minimum Gasteiger partial charge on any atom is -0.423 e. The average molecular weight is 366 g/mol. The topological polar surface area (TPSA) is 90.3 Å². The van der Waals surface area contributed by atoms with E-state index in [-0.39, 0.29) is 5.91 Å². The number of oxazole rings is 1. The number of hydrogen-bond donors (Lipinski definition) is 2. The average Bonchev–Trinajstić information content (AvgIpc) is 3.24. The zero-order valence-electron chi connectivity index (χ0n) is 15.1. The SMILES string of the molecule is O=C(c1n[nH]c2c1CCNC2)N1CCCN(c2nc3ccccc3o2)CC1. The quantitative estimate of drug-likeness (QED) is 0.715. The number of amides is 1. The lowest BCUT2D eigenvalue weighted by Crippen LogP contribution is -2.36. The van der Waals surface area contributed by atoms with Crippen LogP contribution in [0, 0.1) is 0 Å². The highest BCUT2D eigenvalue weighted by atomic mass is 16.4. The number of aromatic amines is 1. The third kappa shape index (κ3) is 2.95. The molecule has 0 saturated carbocycles. The van der Waals surface area contributed by atoms with Gasteiger partial charge in [0.1, 0.15) is 5.52 Å². The monoisotopic (exact) mass is 366 g/mol. The van der Waals surface area contributed by atoms with Crippen molar-refractivity contribution >= 4 is 23.0 Å². The normalized spacial score (nSPS) is 17.8. The molecule has 8 heteroatoms. The van der Waals surface area contributed by atoms with Crippen LogP contribution in [0.3, 0.4) is 0 Å². The Morgan fingerprint density at radius 1 is 1.15 bits per heavy atom. The van der Waals surface area contributed by atoms with Crippen molar-refractivity contribution in [3.63, 3.8) is 0 Å². The predicted octanol–water partition coefficient (Wildman–Crippen LogP) is 1.55. The Balaban J connectivity index is 1.32. The number of H-pyrrole nitrogens is 1. The molecule has 0 bridgehead atoms. The number of carbonyl (C=O) groups excluding carboxylic acids is 1. The Morgan fingerprint density at radius 3 is 3.00 bits per heavy atom. The second-order valence-electron chi connectivity index (χ2n) is 7.05. The third-order valence-electron chi connectivity index (χ3n) is 5.35. The van der Waals surface area contributed by atoms with Gasteiger partial charge < -0.3 is 19.5 Å². The van der Waals surface area contributed by atoms with E-state index >= 15 is 0 Å². The van der Waals surface area contributed by atoms with E-state index < -0.39 is 0 Å². The first-order valence-corrected chi connectivity index (χ1v) is 9.46. The van der Waals surface area contributed by atoms with Crippen molar-refractivity contribution in [2.45, 2.75) is 19.4 Å². The second kappa shape index (κ2) is 6.70. The lowest BCUT2D eigenvalue weighted by molar-refractivity contribution is 0.0760. The van der Waals surface area contributed by atoms with E-state index in [0.29, 0.717) is 24.8 Å². The van der Waals surface area contributed by atoms with E-state index in [1.165, 1.54) is 0 Å². The van der Waals surface area contributed by atoms with Crippen LogP contribution in [0.25, 0.3) is 11.1 Å². The van der Waals surface area contributed by atoms with Gasteiger partial charge in [-0.15, -0.1) is 0 Å². The molecule has 3 aromatic rings. The van der Waals surface area contributed by atoms with Gasteiger partial charge in [0.25, 0.3) is 11.9 Å².